The molecule has 1 fully saturated rings. The highest BCUT2D eigenvalue weighted by Gasteiger charge is 2.32. The number of nitrogens with zero attached hydrogens (tertiary/aromatic N) is 1. The van der Waals surface area contributed by atoms with E-state index in [0.29, 0.717) is 34.4 Å². The quantitative estimate of drug-likeness (QED) is 0.505. The minimum Gasteiger partial charge on any atom is -0.469 e. The minimum absolute atomic E-state index is 0.0732. The lowest BCUT2D eigenvalue weighted by molar-refractivity contribution is -0.383. The van der Waals surface area contributed by atoms with Crippen LogP contribution in [0.4, 0.5) is 5.69 Å². The number of aryl methyl sites for hydroxylation is 1. The average molecular weight is 330 g/mol. The fraction of sp³-hybridized carbons (Fsp3) is 0.500. The number of aromatic nitrogens is 1. The number of hydrogen-bond acceptors (Lipinski definition) is 4. The fourth-order valence-corrected chi connectivity index (χ4v) is 3.92. The Balaban J connectivity index is 2.11. The Labute approximate surface area is 140 Å². The third kappa shape index (κ3) is 2.88. The Bertz CT molecular complexity index is 775. The molecule has 2 aromatic rings. The normalized spacial score (nSPS) is 16.4. The molecule has 0 amide bonds. The predicted octanol–water partition coefficient (Wildman–Crippen LogP) is 4.22. The zero-order valence-electron chi connectivity index (χ0n) is 14.0. The number of hydrogen-bond donors (Lipinski definition) is 1. The van der Waals surface area contributed by atoms with Crippen LogP contribution in [0.1, 0.15) is 49.1 Å². The van der Waals surface area contributed by atoms with Crippen LogP contribution in [0.2, 0.25) is 0 Å². The van der Waals surface area contributed by atoms with E-state index in [2.05, 4.69) is 4.98 Å². The van der Waals surface area contributed by atoms with Crippen LogP contribution in [-0.2, 0) is 9.53 Å². The smallest absolute Gasteiger partial charge is 0.313 e. The lowest BCUT2D eigenvalue weighted by atomic mass is 9.87. The van der Waals surface area contributed by atoms with Crippen LogP contribution in [0.3, 0.4) is 0 Å². The number of ether oxygens (including phenoxy) is 1. The van der Waals surface area contributed by atoms with Crippen molar-refractivity contribution in [2.45, 2.75) is 44.9 Å². The summed E-state index contributed by atoms with van der Waals surface area (Å²) in [4.78, 5) is 26.7. The molecule has 1 unspecified atom stereocenters. The zero-order valence-corrected chi connectivity index (χ0v) is 14.0. The third-order valence-corrected chi connectivity index (χ3v) is 5.14. The topological polar surface area (TPSA) is 85.2 Å². The van der Waals surface area contributed by atoms with Gasteiger partial charge in [0.1, 0.15) is 0 Å². The van der Waals surface area contributed by atoms with E-state index in [0.717, 1.165) is 12.8 Å². The van der Waals surface area contributed by atoms with Gasteiger partial charge in [-0.15, -0.1) is 0 Å². The Kier molecular flexibility index (Phi) is 4.55. The molecule has 0 bridgehead atoms. The molecule has 1 aliphatic rings. The molecule has 1 saturated carbocycles. The van der Waals surface area contributed by atoms with Crippen molar-refractivity contribution in [3.05, 3.63) is 39.6 Å². The number of carbonyl (C=O) groups excluding carboxylic acids is 1. The van der Waals surface area contributed by atoms with Crippen molar-refractivity contribution in [1.29, 1.82) is 0 Å². The number of nitro benzene ring substituents is 1. The second kappa shape index (κ2) is 6.63. The lowest BCUT2D eigenvalue weighted by Gasteiger charge is -2.18. The van der Waals surface area contributed by atoms with Crippen LogP contribution in [0, 0.1) is 23.0 Å². The summed E-state index contributed by atoms with van der Waals surface area (Å²) in [6.07, 6.45) is 7.00. The molecule has 0 spiro atoms. The van der Waals surface area contributed by atoms with Gasteiger partial charge in [0.25, 0.3) is 5.69 Å². The molecule has 24 heavy (non-hydrogen) atoms. The summed E-state index contributed by atoms with van der Waals surface area (Å²) >= 11 is 0. The van der Waals surface area contributed by atoms with Crippen LogP contribution < -0.4 is 0 Å². The summed E-state index contributed by atoms with van der Waals surface area (Å²) in [6.45, 7) is 1.72. The Morgan fingerprint density at radius 2 is 2.12 bits per heavy atom. The molecule has 1 heterocycles. The van der Waals surface area contributed by atoms with Crippen LogP contribution in [0.5, 0.6) is 0 Å². The van der Waals surface area contributed by atoms with Gasteiger partial charge < -0.3 is 9.72 Å². The van der Waals surface area contributed by atoms with Gasteiger partial charge in [0.15, 0.2) is 0 Å². The Morgan fingerprint density at radius 3 is 2.75 bits per heavy atom. The maximum Gasteiger partial charge on any atom is 0.313 e. The number of H-pyrrole nitrogens is 1. The highest BCUT2D eigenvalue weighted by Crippen LogP contribution is 2.40. The molecule has 1 N–H and O–H groups in total. The van der Waals surface area contributed by atoms with Crippen molar-refractivity contribution in [2.24, 2.45) is 5.92 Å². The van der Waals surface area contributed by atoms with E-state index >= 15 is 0 Å². The molecule has 0 radical (unpaired) electrons. The molecule has 1 aliphatic carbocycles. The first-order valence-electron chi connectivity index (χ1n) is 8.35. The summed E-state index contributed by atoms with van der Waals surface area (Å²) in [5.41, 5.74) is 2.03. The van der Waals surface area contributed by atoms with Crippen molar-refractivity contribution < 1.29 is 14.5 Å². The van der Waals surface area contributed by atoms with Gasteiger partial charge in [-0.1, -0.05) is 31.7 Å². The summed E-state index contributed by atoms with van der Waals surface area (Å²) in [6, 6.07) is 3.55. The molecule has 1 aromatic carbocycles. The molecule has 0 aliphatic heterocycles. The van der Waals surface area contributed by atoms with Gasteiger partial charge in [0.05, 0.1) is 28.9 Å². The number of rotatable bonds is 5. The first-order valence-corrected chi connectivity index (χ1v) is 8.35. The number of esters is 1. The molecule has 0 saturated heterocycles. The predicted molar refractivity (Wildman–Crippen MR) is 91.0 cm³/mol. The van der Waals surface area contributed by atoms with E-state index in [1.54, 1.807) is 19.2 Å². The fourth-order valence-electron chi connectivity index (χ4n) is 3.92. The molecular formula is C18H22N2O4. The minimum atomic E-state index is -0.465. The second-order valence-electron chi connectivity index (χ2n) is 6.62. The second-order valence-corrected chi connectivity index (χ2v) is 6.62. The Morgan fingerprint density at radius 1 is 1.42 bits per heavy atom. The molecule has 1 atom stereocenters. The van der Waals surface area contributed by atoms with Crippen molar-refractivity contribution in [3.8, 4) is 0 Å². The van der Waals surface area contributed by atoms with Gasteiger partial charge in [-0.2, -0.15) is 0 Å². The summed E-state index contributed by atoms with van der Waals surface area (Å²) in [5, 5.41) is 12.1. The number of methoxy groups -OCH3 is 1. The van der Waals surface area contributed by atoms with Crippen LogP contribution in [-0.4, -0.2) is 23.0 Å². The van der Waals surface area contributed by atoms with Gasteiger partial charge in [-0.3, -0.25) is 14.9 Å². The average Bonchev–Trinajstić information content (AvgIpc) is 3.20. The number of aromatic amines is 1. The summed E-state index contributed by atoms with van der Waals surface area (Å²) in [7, 11) is 1.37. The highest BCUT2D eigenvalue weighted by molar-refractivity contribution is 5.97. The van der Waals surface area contributed by atoms with Crippen LogP contribution in [0.15, 0.2) is 18.3 Å². The van der Waals surface area contributed by atoms with E-state index in [1.807, 2.05) is 6.07 Å². The summed E-state index contributed by atoms with van der Waals surface area (Å²) < 4.78 is 5.00. The van der Waals surface area contributed by atoms with E-state index in [-0.39, 0.29) is 16.6 Å². The molecular weight excluding hydrogens is 308 g/mol. The van der Waals surface area contributed by atoms with Crippen molar-refractivity contribution in [3.63, 3.8) is 0 Å². The monoisotopic (exact) mass is 330 g/mol. The van der Waals surface area contributed by atoms with E-state index in [9.17, 15) is 14.9 Å². The van der Waals surface area contributed by atoms with Gasteiger partial charge in [0.2, 0.25) is 0 Å². The zero-order chi connectivity index (χ0) is 17.3. The number of carbonyl (C=O) groups is 1. The van der Waals surface area contributed by atoms with E-state index in [4.69, 9.17) is 4.74 Å². The number of benzene rings is 1. The molecule has 128 valence electrons. The van der Waals surface area contributed by atoms with Crippen molar-refractivity contribution >= 4 is 22.6 Å². The molecule has 6 heteroatoms. The highest BCUT2D eigenvalue weighted by atomic mass is 16.6. The number of nitro groups is 1. The maximum absolute atomic E-state index is 12.4. The van der Waals surface area contributed by atoms with E-state index in [1.165, 1.54) is 20.0 Å². The Hall–Kier alpha value is -2.37. The lowest BCUT2D eigenvalue weighted by Crippen LogP contribution is -2.17. The first kappa shape index (κ1) is 16.5. The standard InChI is InChI=1S/C18H22N2O4/c1-11-7-8-15-16(17(11)20(22)23)14(10-19-15)13(18(21)24-2)9-12-5-3-4-6-12/h7-8,10,12-13,19H,3-6,9H2,1-2H3. The molecule has 1 aromatic heterocycles. The first-order chi connectivity index (χ1) is 11.5. The number of nitrogens with one attached hydrogen (secondary N) is 1. The van der Waals surface area contributed by atoms with Crippen LogP contribution in [0.25, 0.3) is 10.9 Å². The maximum atomic E-state index is 12.4. The third-order valence-electron chi connectivity index (χ3n) is 5.14. The van der Waals surface area contributed by atoms with Crippen LogP contribution >= 0.6 is 0 Å². The van der Waals surface area contributed by atoms with E-state index < -0.39 is 5.92 Å². The summed E-state index contributed by atoms with van der Waals surface area (Å²) in [5.74, 6) is -0.311. The number of fused-ring (bicyclic) bond motifs is 1. The van der Waals surface area contributed by atoms with Gasteiger partial charge in [0, 0.05) is 11.8 Å². The molecule has 3 rings (SSSR count). The molecule has 6 nitrogen and oxygen atoms in total. The van der Waals surface area contributed by atoms with Gasteiger partial charge in [-0.05, 0) is 30.9 Å². The van der Waals surface area contributed by atoms with Crippen molar-refractivity contribution in [1.82, 2.24) is 4.98 Å². The SMILES string of the molecule is COC(=O)C(CC1CCCC1)c1c[nH]c2ccc(C)c([N+](=O)[O-])c12. The van der Waals surface area contributed by atoms with Gasteiger partial charge >= 0.3 is 5.97 Å². The van der Waals surface area contributed by atoms with Crippen molar-refractivity contribution in [2.75, 3.05) is 7.11 Å². The van der Waals surface area contributed by atoms with Gasteiger partial charge in [-0.25, -0.2) is 0 Å². The largest absolute Gasteiger partial charge is 0.469 e.